The first kappa shape index (κ1) is 17.1. The second-order valence-electron chi connectivity index (χ2n) is 5.42. The van der Waals surface area contributed by atoms with Crippen LogP contribution in [0.3, 0.4) is 0 Å². The Morgan fingerprint density at radius 3 is 2.91 bits per heavy atom. The largest absolute Gasteiger partial charge is 0.493 e. The highest BCUT2D eigenvalue weighted by Crippen LogP contribution is 2.18. The molecule has 2 heterocycles. The number of hydrogen-bond donors (Lipinski definition) is 3. The Balaban J connectivity index is 1.90. The van der Waals surface area contributed by atoms with Crippen molar-refractivity contribution < 1.29 is 14.3 Å². The van der Waals surface area contributed by atoms with E-state index in [1.165, 1.54) is 6.26 Å². The molecule has 0 bridgehead atoms. The topological polar surface area (TPSA) is 108 Å². The minimum absolute atomic E-state index is 0.0760. The highest BCUT2D eigenvalue weighted by Gasteiger charge is 2.13. The summed E-state index contributed by atoms with van der Waals surface area (Å²) >= 11 is 1.05. The van der Waals surface area contributed by atoms with E-state index in [2.05, 4.69) is 15.3 Å². The van der Waals surface area contributed by atoms with E-state index >= 15 is 0 Å². The van der Waals surface area contributed by atoms with Gasteiger partial charge in [0.1, 0.15) is 5.76 Å². The Bertz CT molecular complexity index is 710. The third-order valence-electron chi connectivity index (χ3n) is 2.96. The number of carbonyl (C=O) groups is 1. The molecule has 1 amide bonds. The van der Waals surface area contributed by atoms with Crippen LogP contribution in [0.2, 0.25) is 0 Å². The van der Waals surface area contributed by atoms with E-state index in [0.29, 0.717) is 18.7 Å². The van der Waals surface area contributed by atoms with Crippen LogP contribution >= 0.6 is 11.8 Å². The Morgan fingerprint density at radius 2 is 2.30 bits per heavy atom. The molecular formula is C15H19N3O4S. The van der Waals surface area contributed by atoms with Crippen LogP contribution in [-0.2, 0) is 17.8 Å². The van der Waals surface area contributed by atoms with E-state index < -0.39 is 0 Å². The molecule has 0 aliphatic heterocycles. The summed E-state index contributed by atoms with van der Waals surface area (Å²) in [5.74, 6) is 0.466. The fraction of sp³-hybridized carbons (Fsp3) is 0.400. The summed E-state index contributed by atoms with van der Waals surface area (Å²) in [7, 11) is 0. The zero-order valence-corrected chi connectivity index (χ0v) is 13.8. The fourth-order valence-corrected chi connectivity index (χ4v) is 2.60. The van der Waals surface area contributed by atoms with Gasteiger partial charge in [-0.05, 0) is 24.5 Å². The molecule has 0 fully saturated rings. The smallest absolute Gasteiger partial charge is 0.258 e. The number of hydrogen-bond acceptors (Lipinski definition) is 6. The molecule has 124 valence electrons. The molecule has 0 spiro atoms. The predicted octanol–water partition coefficient (Wildman–Crippen LogP) is 1.68. The van der Waals surface area contributed by atoms with Crippen LogP contribution in [0.5, 0.6) is 5.88 Å². The summed E-state index contributed by atoms with van der Waals surface area (Å²) in [6, 6.07) is 3.50. The van der Waals surface area contributed by atoms with Crippen molar-refractivity contribution in [3.63, 3.8) is 0 Å². The molecule has 0 atom stereocenters. The van der Waals surface area contributed by atoms with Crippen molar-refractivity contribution in [3.05, 3.63) is 40.1 Å². The van der Waals surface area contributed by atoms with Gasteiger partial charge in [-0.2, -0.15) is 4.98 Å². The van der Waals surface area contributed by atoms with Crippen molar-refractivity contribution in [1.82, 2.24) is 15.3 Å². The molecule has 0 saturated carbocycles. The van der Waals surface area contributed by atoms with E-state index in [9.17, 15) is 14.7 Å². The second-order valence-corrected chi connectivity index (χ2v) is 6.38. The first-order chi connectivity index (χ1) is 11.0. The molecule has 0 aromatic carbocycles. The molecule has 0 saturated heterocycles. The maximum Gasteiger partial charge on any atom is 0.258 e. The third-order valence-corrected chi connectivity index (χ3v) is 3.84. The van der Waals surface area contributed by atoms with Crippen LogP contribution in [-0.4, -0.2) is 26.7 Å². The third kappa shape index (κ3) is 5.17. The summed E-state index contributed by atoms with van der Waals surface area (Å²) in [4.78, 5) is 30.2. The average Bonchev–Trinajstić information content (AvgIpc) is 3.00. The van der Waals surface area contributed by atoms with Crippen LogP contribution < -0.4 is 10.9 Å². The van der Waals surface area contributed by atoms with Gasteiger partial charge in [0, 0.05) is 0 Å². The van der Waals surface area contributed by atoms with Gasteiger partial charge in [-0.15, -0.1) is 0 Å². The highest BCUT2D eigenvalue weighted by atomic mass is 32.2. The predicted molar refractivity (Wildman–Crippen MR) is 86.3 cm³/mol. The normalized spacial score (nSPS) is 10.9. The van der Waals surface area contributed by atoms with Crippen molar-refractivity contribution in [2.75, 3.05) is 5.75 Å². The van der Waals surface area contributed by atoms with E-state index in [0.717, 1.165) is 11.8 Å². The molecule has 2 rings (SSSR count). The second kappa shape index (κ2) is 7.87. The lowest BCUT2D eigenvalue weighted by atomic mass is 10.1. The van der Waals surface area contributed by atoms with Crippen LogP contribution in [0.25, 0.3) is 0 Å². The van der Waals surface area contributed by atoms with Crippen LogP contribution in [0.4, 0.5) is 0 Å². The lowest BCUT2D eigenvalue weighted by Gasteiger charge is -2.07. The molecular weight excluding hydrogens is 318 g/mol. The number of rotatable bonds is 7. The number of aromatic nitrogens is 2. The average molecular weight is 337 g/mol. The van der Waals surface area contributed by atoms with Gasteiger partial charge in [0.15, 0.2) is 5.16 Å². The van der Waals surface area contributed by atoms with Gasteiger partial charge < -0.3 is 19.8 Å². The summed E-state index contributed by atoms with van der Waals surface area (Å²) in [5, 5.41) is 12.8. The number of aromatic amines is 1. The van der Waals surface area contributed by atoms with Crippen molar-refractivity contribution in [1.29, 1.82) is 0 Å². The summed E-state index contributed by atoms with van der Waals surface area (Å²) in [6.45, 7) is 4.20. The van der Waals surface area contributed by atoms with Gasteiger partial charge in [-0.1, -0.05) is 25.6 Å². The highest BCUT2D eigenvalue weighted by molar-refractivity contribution is 7.99. The van der Waals surface area contributed by atoms with Crippen LogP contribution in [0, 0.1) is 5.92 Å². The molecule has 23 heavy (non-hydrogen) atoms. The number of carbonyl (C=O) groups excluding carboxylic acids is 1. The Labute approximate surface area is 137 Å². The SMILES string of the molecule is CC(C)Cc1c(O)nc(SCC(=O)NCc2ccco2)[nH]c1=O. The Kier molecular flexibility index (Phi) is 5.86. The number of furan rings is 1. The van der Waals surface area contributed by atoms with Gasteiger partial charge in [-0.3, -0.25) is 9.59 Å². The Hall–Kier alpha value is -2.22. The first-order valence-electron chi connectivity index (χ1n) is 7.19. The van der Waals surface area contributed by atoms with Gasteiger partial charge in [-0.25, -0.2) is 0 Å². The number of H-pyrrole nitrogens is 1. The molecule has 7 nitrogen and oxygen atoms in total. The van der Waals surface area contributed by atoms with Gasteiger partial charge >= 0.3 is 0 Å². The molecule has 0 radical (unpaired) electrons. The minimum atomic E-state index is -0.371. The minimum Gasteiger partial charge on any atom is -0.493 e. The van der Waals surface area contributed by atoms with Crippen LogP contribution in [0.15, 0.2) is 32.8 Å². The van der Waals surface area contributed by atoms with E-state index in [-0.39, 0.29) is 39.7 Å². The van der Waals surface area contributed by atoms with Crippen LogP contribution in [0.1, 0.15) is 25.2 Å². The van der Waals surface area contributed by atoms with Crippen molar-refractivity contribution in [2.45, 2.75) is 32.0 Å². The number of aromatic hydroxyl groups is 1. The monoisotopic (exact) mass is 337 g/mol. The van der Waals surface area contributed by atoms with Gasteiger partial charge in [0.2, 0.25) is 11.8 Å². The van der Waals surface area contributed by atoms with E-state index in [1.54, 1.807) is 12.1 Å². The van der Waals surface area contributed by atoms with Crippen molar-refractivity contribution in [3.8, 4) is 5.88 Å². The van der Waals surface area contributed by atoms with Crippen molar-refractivity contribution in [2.24, 2.45) is 5.92 Å². The molecule has 3 N–H and O–H groups in total. The fourth-order valence-electron chi connectivity index (χ4n) is 1.91. The Morgan fingerprint density at radius 1 is 1.52 bits per heavy atom. The number of amides is 1. The number of nitrogens with zero attached hydrogens (tertiary/aromatic N) is 1. The standard InChI is InChI=1S/C15H19N3O4S/c1-9(2)6-11-13(20)17-15(18-14(11)21)23-8-12(19)16-7-10-4-3-5-22-10/h3-5,9H,6-8H2,1-2H3,(H,16,19)(H2,17,18,20,21). The molecule has 0 aliphatic carbocycles. The zero-order chi connectivity index (χ0) is 16.8. The lowest BCUT2D eigenvalue weighted by Crippen LogP contribution is -2.24. The lowest BCUT2D eigenvalue weighted by molar-refractivity contribution is -0.118. The number of thioether (sulfide) groups is 1. The quantitative estimate of drug-likeness (QED) is 0.524. The zero-order valence-electron chi connectivity index (χ0n) is 13.0. The summed E-state index contributed by atoms with van der Waals surface area (Å²) in [5.41, 5.74) is -0.101. The van der Waals surface area contributed by atoms with E-state index in [1.807, 2.05) is 13.8 Å². The first-order valence-corrected chi connectivity index (χ1v) is 8.18. The summed E-state index contributed by atoms with van der Waals surface area (Å²) in [6.07, 6.45) is 1.98. The molecule has 0 unspecified atom stereocenters. The van der Waals surface area contributed by atoms with Gasteiger partial charge in [0.25, 0.3) is 5.56 Å². The maximum absolute atomic E-state index is 11.9. The van der Waals surface area contributed by atoms with E-state index in [4.69, 9.17) is 4.42 Å². The maximum atomic E-state index is 11.9. The van der Waals surface area contributed by atoms with Gasteiger partial charge in [0.05, 0.1) is 24.1 Å². The van der Waals surface area contributed by atoms with Crippen molar-refractivity contribution >= 4 is 17.7 Å². The summed E-state index contributed by atoms with van der Waals surface area (Å²) < 4.78 is 5.11. The molecule has 0 aliphatic rings. The molecule has 2 aromatic rings. The number of nitrogens with one attached hydrogen (secondary N) is 2. The molecule has 2 aromatic heterocycles. The molecule has 8 heteroatoms.